The minimum absolute atomic E-state index is 0.281. The van der Waals surface area contributed by atoms with Crippen LogP contribution in [0.25, 0.3) is 0 Å². The van der Waals surface area contributed by atoms with Crippen LogP contribution in [0.1, 0.15) is 19.8 Å². The van der Waals surface area contributed by atoms with Gasteiger partial charge in [-0.05, 0) is 6.92 Å². The van der Waals surface area contributed by atoms with Gasteiger partial charge in [-0.2, -0.15) is 0 Å². The van der Waals surface area contributed by atoms with Crippen molar-refractivity contribution >= 4 is 5.78 Å². The Morgan fingerprint density at radius 2 is 1.65 bits per heavy atom. The Bertz CT molecular complexity index is 482. The summed E-state index contributed by atoms with van der Waals surface area (Å²) in [6, 6.07) is 0. The van der Waals surface area contributed by atoms with Crippen molar-refractivity contribution in [1.82, 2.24) is 0 Å². The van der Waals surface area contributed by atoms with Crippen LogP contribution in [0.5, 0.6) is 0 Å². The van der Waals surface area contributed by atoms with Crippen molar-refractivity contribution in [3.63, 3.8) is 0 Å². The summed E-state index contributed by atoms with van der Waals surface area (Å²) in [5.41, 5.74) is 0. The molecule has 0 radical (unpaired) electrons. The molecule has 7 N–H and O–H groups in total. The number of Topliss-reactive ketones (excluding diaryl/α,β-unsaturated/α-hetero) is 1. The van der Waals surface area contributed by atoms with Gasteiger partial charge in [-0.1, -0.05) is 0 Å². The maximum atomic E-state index is 11.2. The van der Waals surface area contributed by atoms with Gasteiger partial charge >= 0.3 is 0 Å². The molecule has 2 fully saturated rings. The molecule has 11 heteroatoms. The van der Waals surface area contributed by atoms with Crippen LogP contribution in [-0.4, -0.2) is 110 Å². The van der Waals surface area contributed by atoms with Crippen LogP contribution in [0.15, 0.2) is 0 Å². The zero-order valence-corrected chi connectivity index (χ0v) is 14.2. The Hall–Kier alpha value is -0.730. The first-order valence-electron chi connectivity index (χ1n) is 8.27. The van der Waals surface area contributed by atoms with E-state index in [0.29, 0.717) is 0 Å². The monoisotopic (exact) mass is 382 g/mol. The Morgan fingerprint density at radius 3 is 2.19 bits per heavy atom. The van der Waals surface area contributed by atoms with Crippen molar-refractivity contribution in [2.45, 2.75) is 74.6 Å². The van der Waals surface area contributed by atoms with Gasteiger partial charge in [0, 0.05) is 12.8 Å². The van der Waals surface area contributed by atoms with Gasteiger partial charge in [0.05, 0.1) is 19.3 Å². The fraction of sp³-hybridized carbons (Fsp3) is 0.933. The topological polar surface area (TPSA) is 186 Å². The maximum absolute atomic E-state index is 11.2. The molecule has 11 nitrogen and oxygen atoms in total. The van der Waals surface area contributed by atoms with Crippen molar-refractivity contribution in [1.29, 1.82) is 0 Å². The van der Waals surface area contributed by atoms with Crippen LogP contribution in [0.3, 0.4) is 0 Å². The highest BCUT2D eigenvalue weighted by Gasteiger charge is 2.51. The smallest absolute Gasteiger partial charge is 0.192 e. The minimum Gasteiger partial charge on any atom is -0.394 e. The average Bonchev–Trinajstić information content (AvgIpc) is 2.56. The summed E-state index contributed by atoms with van der Waals surface area (Å²) < 4.78 is 16.0. The molecule has 0 aromatic carbocycles. The zero-order valence-electron chi connectivity index (χ0n) is 14.2. The molecule has 2 aliphatic rings. The second-order valence-electron chi connectivity index (χ2n) is 6.71. The third-order valence-corrected chi connectivity index (χ3v) is 4.58. The second kappa shape index (κ2) is 8.52. The Balaban J connectivity index is 2.11. The van der Waals surface area contributed by atoms with E-state index in [9.17, 15) is 40.5 Å². The maximum Gasteiger partial charge on any atom is 0.192 e. The van der Waals surface area contributed by atoms with Crippen LogP contribution in [0, 0.1) is 0 Å². The lowest BCUT2D eigenvalue weighted by Gasteiger charge is -2.46. The van der Waals surface area contributed by atoms with Crippen molar-refractivity contribution in [3.8, 4) is 0 Å². The van der Waals surface area contributed by atoms with Gasteiger partial charge in [0.2, 0.25) is 0 Å². The second-order valence-corrected chi connectivity index (χ2v) is 6.71. The average molecular weight is 382 g/mol. The van der Waals surface area contributed by atoms with Gasteiger partial charge in [0.15, 0.2) is 12.1 Å². The molecule has 2 heterocycles. The first-order valence-corrected chi connectivity index (χ1v) is 8.27. The SMILES string of the molecule is CC(=O)CC1OC(CO)C(OC2OC(CO)C(O)C(O)C2O)CC1(O)O. The molecule has 0 aliphatic carbocycles. The summed E-state index contributed by atoms with van der Waals surface area (Å²) in [6.07, 6.45) is -11.9. The van der Waals surface area contributed by atoms with Crippen molar-refractivity contribution in [2.75, 3.05) is 13.2 Å². The summed E-state index contributed by atoms with van der Waals surface area (Å²) in [5.74, 6) is -2.77. The Kier molecular flexibility index (Phi) is 7.07. The molecule has 0 bridgehead atoms. The third kappa shape index (κ3) is 4.57. The fourth-order valence-electron chi connectivity index (χ4n) is 3.09. The largest absolute Gasteiger partial charge is 0.394 e. The lowest BCUT2D eigenvalue weighted by molar-refractivity contribution is -0.355. The van der Waals surface area contributed by atoms with E-state index in [1.807, 2.05) is 0 Å². The number of rotatable bonds is 6. The number of hydrogen-bond donors (Lipinski definition) is 7. The molecule has 0 amide bonds. The normalized spacial score (nSPS) is 43.2. The molecule has 0 spiro atoms. The van der Waals surface area contributed by atoms with Crippen LogP contribution in [0.4, 0.5) is 0 Å². The molecular formula is C15H26O11. The summed E-state index contributed by atoms with van der Waals surface area (Å²) in [5, 5.41) is 68.5. The number of aliphatic hydroxyl groups is 7. The van der Waals surface area contributed by atoms with Gasteiger partial charge in [0.1, 0.15) is 42.4 Å². The summed E-state index contributed by atoms with van der Waals surface area (Å²) in [4.78, 5) is 11.2. The van der Waals surface area contributed by atoms with Crippen molar-refractivity contribution in [3.05, 3.63) is 0 Å². The zero-order chi connectivity index (χ0) is 19.6. The van der Waals surface area contributed by atoms with E-state index in [0.717, 1.165) is 0 Å². The van der Waals surface area contributed by atoms with Gasteiger partial charge in [0.25, 0.3) is 0 Å². The molecular weight excluding hydrogens is 356 g/mol. The van der Waals surface area contributed by atoms with Crippen LogP contribution in [-0.2, 0) is 19.0 Å². The highest BCUT2D eigenvalue weighted by molar-refractivity contribution is 5.76. The molecule has 152 valence electrons. The van der Waals surface area contributed by atoms with Crippen LogP contribution < -0.4 is 0 Å². The van der Waals surface area contributed by atoms with Gasteiger partial charge < -0.3 is 50.0 Å². The quantitative estimate of drug-likeness (QED) is 0.222. The summed E-state index contributed by atoms with van der Waals surface area (Å²) in [7, 11) is 0. The summed E-state index contributed by atoms with van der Waals surface area (Å²) >= 11 is 0. The fourth-order valence-corrected chi connectivity index (χ4v) is 3.09. The molecule has 26 heavy (non-hydrogen) atoms. The number of aliphatic hydroxyl groups excluding tert-OH is 5. The molecule has 8 atom stereocenters. The number of hydrogen-bond acceptors (Lipinski definition) is 11. The van der Waals surface area contributed by atoms with E-state index >= 15 is 0 Å². The number of carbonyl (C=O) groups is 1. The van der Waals surface area contributed by atoms with E-state index in [-0.39, 0.29) is 12.2 Å². The lowest BCUT2D eigenvalue weighted by atomic mass is 9.92. The van der Waals surface area contributed by atoms with E-state index in [2.05, 4.69) is 0 Å². The number of ether oxygens (including phenoxy) is 3. The van der Waals surface area contributed by atoms with Gasteiger partial charge in [-0.3, -0.25) is 4.79 Å². The van der Waals surface area contributed by atoms with Crippen LogP contribution in [0.2, 0.25) is 0 Å². The van der Waals surface area contributed by atoms with Crippen LogP contribution >= 0.6 is 0 Å². The minimum atomic E-state index is -2.43. The predicted octanol–water partition coefficient (Wildman–Crippen LogP) is -4.02. The molecule has 0 aromatic rings. The van der Waals surface area contributed by atoms with Gasteiger partial charge in [-0.25, -0.2) is 0 Å². The molecule has 2 aliphatic heterocycles. The Labute approximate surface area is 149 Å². The number of carbonyl (C=O) groups excluding carboxylic acids is 1. The number of ketones is 1. The van der Waals surface area contributed by atoms with E-state index in [1.54, 1.807) is 0 Å². The lowest BCUT2D eigenvalue weighted by Crippen LogP contribution is -2.63. The first kappa shape index (κ1) is 21.6. The summed E-state index contributed by atoms with van der Waals surface area (Å²) in [6.45, 7) is 0.0243. The molecule has 2 rings (SSSR count). The Morgan fingerprint density at radius 1 is 1.04 bits per heavy atom. The molecule has 8 unspecified atom stereocenters. The third-order valence-electron chi connectivity index (χ3n) is 4.58. The van der Waals surface area contributed by atoms with Gasteiger partial charge in [-0.15, -0.1) is 0 Å². The molecule has 0 saturated carbocycles. The van der Waals surface area contributed by atoms with Crippen molar-refractivity contribution < 1.29 is 54.8 Å². The van der Waals surface area contributed by atoms with E-state index < -0.39 is 74.4 Å². The molecule has 2 saturated heterocycles. The standard InChI is InChI=1S/C15H26O11/c1-6(18)2-10-15(22,23)3-7(8(4-16)24-10)25-14-13(21)12(20)11(19)9(5-17)26-14/h7-14,16-17,19-23H,2-5H2,1H3. The highest BCUT2D eigenvalue weighted by Crippen LogP contribution is 2.33. The predicted molar refractivity (Wildman–Crippen MR) is 81.5 cm³/mol. The van der Waals surface area contributed by atoms with E-state index in [4.69, 9.17) is 14.2 Å². The van der Waals surface area contributed by atoms with Crippen molar-refractivity contribution in [2.24, 2.45) is 0 Å². The highest BCUT2D eigenvalue weighted by atomic mass is 16.7. The van der Waals surface area contributed by atoms with E-state index in [1.165, 1.54) is 6.92 Å². The molecule has 0 aromatic heterocycles. The first-order chi connectivity index (χ1) is 12.1.